The second-order valence-electron chi connectivity index (χ2n) is 10.1. The van der Waals surface area contributed by atoms with E-state index >= 15 is 0 Å². The van der Waals surface area contributed by atoms with Crippen LogP contribution < -0.4 is 15.8 Å². The van der Waals surface area contributed by atoms with Crippen molar-refractivity contribution in [2.45, 2.75) is 31.8 Å². The molecule has 2 aromatic heterocycles. The van der Waals surface area contributed by atoms with Crippen LogP contribution in [-0.2, 0) is 7.05 Å². The standard InChI is InChI=1S/C26H33N5O/c1-17-14-30(23-13-25(32)29(2)26-22(23)4-3-9-28-26)16-24-21-6-5-19(12-20(21)15-31(17)24)18-7-10-27-11-8-18/h3-6,9,12-13,17-18,20-21,24,27H,7-8,10-11,14-16H2,1-2H3/t17-,20?,21?,24-/m1/s1. The van der Waals surface area contributed by atoms with Crippen molar-refractivity contribution in [3.8, 4) is 0 Å². The molecule has 4 aliphatic rings. The Morgan fingerprint density at radius 1 is 1.16 bits per heavy atom. The average molecular weight is 432 g/mol. The summed E-state index contributed by atoms with van der Waals surface area (Å²) in [7, 11) is 1.81. The van der Waals surface area contributed by atoms with Crippen molar-refractivity contribution in [2.24, 2.45) is 24.8 Å². The van der Waals surface area contributed by atoms with Gasteiger partial charge in [0.05, 0.1) is 5.69 Å². The van der Waals surface area contributed by atoms with Gasteiger partial charge in [-0.25, -0.2) is 4.98 Å². The van der Waals surface area contributed by atoms with E-state index in [0.717, 1.165) is 55.4 Å². The number of nitrogens with one attached hydrogen (secondary N) is 1. The molecule has 168 valence electrons. The van der Waals surface area contributed by atoms with Crippen LogP contribution in [0.25, 0.3) is 11.0 Å². The molecule has 0 saturated carbocycles. The number of anilines is 1. The first kappa shape index (κ1) is 20.2. The van der Waals surface area contributed by atoms with Crippen molar-refractivity contribution in [1.29, 1.82) is 0 Å². The zero-order valence-corrected chi connectivity index (χ0v) is 19.1. The Morgan fingerprint density at radius 3 is 2.84 bits per heavy atom. The summed E-state index contributed by atoms with van der Waals surface area (Å²) in [4.78, 5) is 22.4. The molecule has 3 fully saturated rings. The minimum atomic E-state index is 0.0118. The van der Waals surface area contributed by atoms with Gasteiger partial charge in [-0.2, -0.15) is 0 Å². The largest absolute Gasteiger partial charge is 0.368 e. The van der Waals surface area contributed by atoms with Gasteiger partial charge in [0.15, 0.2) is 0 Å². The highest BCUT2D eigenvalue weighted by atomic mass is 16.1. The first-order chi connectivity index (χ1) is 15.6. The number of pyridine rings is 2. The number of hydrogen-bond acceptors (Lipinski definition) is 5. The van der Waals surface area contributed by atoms with Gasteiger partial charge in [-0.1, -0.05) is 18.2 Å². The van der Waals surface area contributed by atoms with Crippen LogP contribution in [0.2, 0.25) is 0 Å². The number of allylic oxidation sites excluding steroid dienone is 2. The molecule has 1 aliphatic carbocycles. The van der Waals surface area contributed by atoms with Crippen molar-refractivity contribution in [2.75, 3.05) is 37.6 Å². The third-order valence-electron chi connectivity index (χ3n) is 8.28. The maximum atomic E-state index is 12.7. The van der Waals surface area contributed by atoms with Gasteiger partial charge in [0.2, 0.25) is 0 Å². The molecule has 1 N–H and O–H groups in total. The van der Waals surface area contributed by atoms with Crippen molar-refractivity contribution >= 4 is 16.7 Å². The zero-order valence-electron chi connectivity index (χ0n) is 19.1. The molecule has 0 bridgehead atoms. The summed E-state index contributed by atoms with van der Waals surface area (Å²) in [6.07, 6.45) is 11.8. The Balaban J connectivity index is 1.30. The summed E-state index contributed by atoms with van der Waals surface area (Å²) >= 11 is 0. The van der Waals surface area contributed by atoms with Gasteiger partial charge in [0, 0.05) is 62.3 Å². The number of nitrogens with zero attached hydrogens (tertiary/aromatic N) is 4. The number of hydrogen-bond donors (Lipinski definition) is 1. The fraction of sp³-hybridized carbons (Fsp3) is 0.538. The lowest BCUT2D eigenvalue weighted by Gasteiger charge is -2.44. The summed E-state index contributed by atoms with van der Waals surface area (Å²) in [5.74, 6) is 1.89. The molecule has 0 aromatic carbocycles. The maximum Gasteiger partial charge on any atom is 0.253 e. The van der Waals surface area contributed by atoms with E-state index in [1.54, 1.807) is 16.3 Å². The molecule has 32 heavy (non-hydrogen) atoms. The molecule has 6 nitrogen and oxygen atoms in total. The Labute approximate surface area is 189 Å². The lowest BCUT2D eigenvalue weighted by molar-refractivity contribution is 0.155. The summed E-state index contributed by atoms with van der Waals surface area (Å²) < 4.78 is 1.65. The molecule has 0 spiro atoms. The van der Waals surface area contributed by atoms with Crippen LogP contribution in [0.1, 0.15) is 19.8 Å². The molecule has 6 rings (SSSR count). The van der Waals surface area contributed by atoms with Gasteiger partial charge in [-0.3, -0.25) is 14.3 Å². The fourth-order valence-corrected chi connectivity index (χ4v) is 6.57. The lowest BCUT2D eigenvalue weighted by atomic mass is 9.79. The van der Waals surface area contributed by atoms with E-state index in [2.05, 4.69) is 51.3 Å². The number of piperazine rings is 1. The van der Waals surface area contributed by atoms with Crippen molar-refractivity contribution < 1.29 is 0 Å². The van der Waals surface area contributed by atoms with E-state index in [9.17, 15) is 4.79 Å². The Morgan fingerprint density at radius 2 is 2.00 bits per heavy atom. The number of fused-ring (bicyclic) bond motifs is 4. The molecule has 0 radical (unpaired) electrons. The minimum absolute atomic E-state index is 0.0118. The van der Waals surface area contributed by atoms with E-state index < -0.39 is 0 Å². The van der Waals surface area contributed by atoms with Gasteiger partial charge in [0.1, 0.15) is 5.65 Å². The summed E-state index contributed by atoms with van der Waals surface area (Å²) in [6.45, 7) is 7.69. The normalized spacial score (nSPS) is 30.9. The summed E-state index contributed by atoms with van der Waals surface area (Å²) in [6, 6.07) is 6.82. The second kappa shape index (κ2) is 7.85. The predicted molar refractivity (Wildman–Crippen MR) is 129 cm³/mol. The smallest absolute Gasteiger partial charge is 0.253 e. The maximum absolute atomic E-state index is 12.7. The van der Waals surface area contributed by atoms with Gasteiger partial charge in [-0.15, -0.1) is 0 Å². The van der Waals surface area contributed by atoms with E-state index in [4.69, 9.17) is 0 Å². The number of aromatic nitrogens is 2. The third kappa shape index (κ3) is 3.23. The van der Waals surface area contributed by atoms with Gasteiger partial charge >= 0.3 is 0 Å². The second-order valence-corrected chi connectivity index (χ2v) is 10.1. The first-order valence-corrected chi connectivity index (χ1v) is 12.2. The Kier molecular flexibility index (Phi) is 4.95. The van der Waals surface area contributed by atoms with Crippen molar-refractivity contribution in [3.63, 3.8) is 0 Å². The molecular weight excluding hydrogens is 398 g/mol. The molecule has 5 heterocycles. The zero-order chi connectivity index (χ0) is 21.8. The van der Waals surface area contributed by atoms with Crippen LogP contribution >= 0.6 is 0 Å². The molecular formula is C26H33N5O. The molecule has 2 unspecified atom stereocenters. The van der Waals surface area contributed by atoms with E-state index in [1.807, 2.05) is 19.2 Å². The van der Waals surface area contributed by atoms with Crippen LogP contribution in [0.15, 0.2) is 53.0 Å². The van der Waals surface area contributed by atoms with Crippen LogP contribution in [0.3, 0.4) is 0 Å². The van der Waals surface area contributed by atoms with Crippen LogP contribution in [0.5, 0.6) is 0 Å². The summed E-state index contributed by atoms with van der Waals surface area (Å²) in [5, 5.41) is 4.56. The van der Waals surface area contributed by atoms with Gasteiger partial charge in [-0.05, 0) is 62.4 Å². The van der Waals surface area contributed by atoms with Crippen LogP contribution in [0, 0.1) is 17.8 Å². The highest BCUT2D eigenvalue weighted by Crippen LogP contribution is 2.42. The summed E-state index contributed by atoms with van der Waals surface area (Å²) in [5.41, 5.74) is 3.39. The average Bonchev–Trinajstić information content (AvgIpc) is 3.20. The van der Waals surface area contributed by atoms with E-state index in [-0.39, 0.29) is 5.56 Å². The molecule has 3 aliphatic heterocycles. The molecule has 4 atom stereocenters. The van der Waals surface area contributed by atoms with Gasteiger partial charge < -0.3 is 10.2 Å². The number of aryl methyl sites for hydroxylation is 1. The SMILES string of the molecule is C[C@@H]1CN(c2cc(=O)n(C)c3ncccc23)C[C@@H]2C3C=CC(C4CCNCC4)=CC3CN12. The monoisotopic (exact) mass is 431 g/mol. The predicted octanol–water partition coefficient (Wildman–Crippen LogP) is 2.55. The topological polar surface area (TPSA) is 53.4 Å². The highest BCUT2D eigenvalue weighted by Gasteiger charge is 2.46. The third-order valence-corrected chi connectivity index (χ3v) is 8.28. The molecule has 6 heteroatoms. The Bertz CT molecular complexity index is 1140. The van der Waals surface area contributed by atoms with Crippen molar-refractivity contribution in [1.82, 2.24) is 19.8 Å². The molecule has 2 aromatic rings. The van der Waals surface area contributed by atoms with Crippen LogP contribution in [0.4, 0.5) is 5.69 Å². The van der Waals surface area contributed by atoms with E-state index in [0.29, 0.717) is 23.9 Å². The quantitative estimate of drug-likeness (QED) is 0.792. The molecule has 3 saturated heterocycles. The lowest BCUT2D eigenvalue weighted by Crippen LogP contribution is -2.56. The molecule has 0 amide bonds. The number of piperidine rings is 1. The number of rotatable bonds is 2. The highest BCUT2D eigenvalue weighted by molar-refractivity contribution is 5.89. The van der Waals surface area contributed by atoms with Crippen LogP contribution in [-0.4, -0.2) is 59.3 Å². The van der Waals surface area contributed by atoms with Crippen molar-refractivity contribution in [3.05, 3.63) is 58.6 Å². The van der Waals surface area contributed by atoms with Gasteiger partial charge in [0.25, 0.3) is 5.56 Å². The first-order valence-electron chi connectivity index (χ1n) is 12.2. The minimum Gasteiger partial charge on any atom is -0.368 e. The van der Waals surface area contributed by atoms with E-state index in [1.165, 1.54) is 12.8 Å². The fourth-order valence-electron chi connectivity index (χ4n) is 6.57. The Hall–Kier alpha value is -2.44.